The highest BCUT2D eigenvalue weighted by Gasteiger charge is 2.02. The van der Waals surface area contributed by atoms with Crippen LogP contribution in [-0.4, -0.2) is 23.6 Å². The molecule has 5 nitrogen and oxygen atoms in total. The van der Waals surface area contributed by atoms with E-state index in [-0.39, 0.29) is 11.8 Å². The first-order valence-corrected chi connectivity index (χ1v) is 7.58. The van der Waals surface area contributed by atoms with E-state index in [1.807, 2.05) is 30.3 Å². The third-order valence-electron chi connectivity index (χ3n) is 3.13. The van der Waals surface area contributed by atoms with Gasteiger partial charge < -0.3 is 5.32 Å². The summed E-state index contributed by atoms with van der Waals surface area (Å²) in [5, 5.41) is 11.1. The van der Waals surface area contributed by atoms with Gasteiger partial charge in [-0.3, -0.25) is 14.8 Å². The first-order valence-electron chi connectivity index (χ1n) is 7.58. The fourth-order valence-electron chi connectivity index (χ4n) is 1.80. The number of nitrogens with one attached hydrogen (secondary N) is 2. The number of hydroxylamine groups is 1. The Kier molecular flexibility index (Phi) is 8.87. The van der Waals surface area contributed by atoms with Crippen molar-refractivity contribution in [2.24, 2.45) is 0 Å². The molecule has 0 heterocycles. The highest BCUT2D eigenvalue weighted by molar-refractivity contribution is 5.93. The van der Waals surface area contributed by atoms with Crippen LogP contribution in [0.5, 0.6) is 0 Å². The highest BCUT2D eigenvalue weighted by Crippen LogP contribution is 2.00. The van der Waals surface area contributed by atoms with Crippen molar-refractivity contribution in [3.05, 3.63) is 47.5 Å². The molecule has 1 aromatic rings. The molecule has 0 aliphatic heterocycles. The molecule has 0 spiro atoms. The number of allylic oxidation sites excluding steroid dienone is 1. The predicted octanol–water partition coefficient (Wildman–Crippen LogP) is 2.17. The van der Waals surface area contributed by atoms with Gasteiger partial charge in [0.05, 0.1) is 0 Å². The molecule has 0 aromatic heterocycles. The molecule has 0 fully saturated rings. The summed E-state index contributed by atoms with van der Waals surface area (Å²) in [5.74, 6) is 5.31. The standard InChI is InChI=1S/C18H22N2O3/c1-15(9-8-12-16-10-4-2-5-11-16)18(22)19-14-7-3-6-13-17(21)20-23/h2,4-5,9-11,23H,3,6-7,13-14H2,1H3,(H,19,22)(H,20,21). The summed E-state index contributed by atoms with van der Waals surface area (Å²) in [5.41, 5.74) is 3.06. The minimum atomic E-state index is -0.384. The zero-order chi connectivity index (χ0) is 16.9. The summed E-state index contributed by atoms with van der Waals surface area (Å²) in [6.07, 6.45) is 4.17. The molecule has 1 rings (SSSR count). The van der Waals surface area contributed by atoms with E-state index in [0.29, 0.717) is 25.0 Å². The van der Waals surface area contributed by atoms with Crippen LogP contribution in [0.1, 0.15) is 38.2 Å². The Hall–Kier alpha value is -2.58. The van der Waals surface area contributed by atoms with E-state index in [9.17, 15) is 9.59 Å². The first kappa shape index (κ1) is 18.5. The maximum atomic E-state index is 11.8. The molecule has 2 amide bonds. The number of carbonyl (C=O) groups excluding carboxylic acids is 2. The Morgan fingerprint density at radius 3 is 2.61 bits per heavy atom. The monoisotopic (exact) mass is 314 g/mol. The third-order valence-corrected chi connectivity index (χ3v) is 3.13. The van der Waals surface area contributed by atoms with Crippen LogP contribution in [0.3, 0.4) is 0 Å². The summed E-state index contributed by atoms with van der Waals surface area (Å²) in [6.45, 7) is 2.28. The van der Waals surface area contributed by atoms with E-state index in [4.69, 9.17) is 5.21 Å². The largest absolute Gasteiger partial charge is 0.352 e. The quantitative estimate of drug-likeness (QED) is 0.237. The van der Waals surface area contributed by atoms with E-state index in [2.05, 4.69) is 17.2 Å². The lowest BCUT2D eigenvalue weighted by Gasteiger charge is -2.04. The van der Waals surface area contributed by atoms with Gasteiger partial charge in [-0.15, -0.1) is 0 Å². The van der Waals surface area contributed by atoms with Crippen molar-refractivity contribution in [3.8, 4) is 11.8 Å². The summed E-state index contributed by atoms with van der Waals surface area (Å²) in [7, 11) is 0. The lowest BCUT2D eigenvalue weighted by molar-refractivity contribution is -0.129. The van der Waals surface area contributed by atoms with Crippen LogP contribution in [-0.2, 0) is 9.59 Å². The van der Waals surface area contributed by atoms with Gasteiger partial charge in [-0.25, -0.2) is 5.48 Å². The molecule has 3 N–H and O–H groups in total. The predicted molar refractivity (Wildman–Crippen MR) is 88.5 cm³/mol. The molecule has 122 valence electrons. The van der Waals surface area contributed by atoms with Gasteiger partial charge in [-0.1, -0.05) is 36.5 Å². The molecule has 1 aromatic carbocycles. The second kappa shape index (κ2) is 11.0. The summed E-state index contributed by atoms with van der Waals surface area (Å²) in [4.78, 5) is 22.6. The fraction of sp³-hybridized carbons (Fsp3) is 0.333. The number of amides is 2. The summed E-state index contributed by atoms with van der Waals surface area (Å²) in [6, 6.07) is 9.57. The van der Waals surface area contributed by atoms with Gasteiger partial charge in [0.15, 0.2) is 0 Å². The van der Waals surface area contributed by atoms with E-state index in [1.165, 1.54) is 0 Å². The van der Waals surface area contributed by atoms with Crippen LogP contribution < -0.4 is 10.8 Å². The molecule has 0 radical (unpaired) electrons. The van der Waals surface area contributed by atoms with Gasteiger partial charge in [0, 0.05) is 24.1 Å². The van der Waals surface area contributed by atoms with Crippen molar-refractivity contribution in [1.82, 2.24) is 10.8 Å². The lowest BCUT2D eigenvalue weighted by atomic mass is 10.2. The molecule has 0 aliphatic carbocycles. The second-order valence-electron chi connectivity index (χ2n) is 5.06. The van der Waals surface area contributed by atoms with Crippen molar-refractivity contribution < 1.29 is 14.8 Å². The molecule has 0 bridgehead atoms. The van der Waals surface area contributed by atoms with Crippen LogP contribution in [0.2, 0.25) is 0 Å². The Bertz CT molecular complexity index is 598. The van der Waals surface area contributed by atoms with E-state index >= 15 is 0 Å². The van der Waals surface area contributed by atoms with Gasteiger partial charge in [-0.05, 0) is 38.0 Å². The van der Waals surface area contributed by atoms with Gasteiger partial charge in [0.25, 0.3) is 0 Å². The molecule has 0 aliphatic rings. The highest BCUT2D eigenvalue weighted by atomic mass is 16.5. The molecular weight excluding hydrogens is 292 g/mol. The van der Waals surface area contributed by atoms with Gasteiger partial charge in [0.1, 0.15) is 0 Å². The van der Waals surface area contributed by atoms with E-state index in [1.54, 1.807) is 18.5 Å². The average Bonchev–Trinajstić information content (AvgIpc) is 2.58. The van der Waals surface area contributed by atoms with Crippen LogP contribution >= 0.6 is 0 Å². The number of rotatable bonds is 7. The van der Waals surface area contributed by atoms with Crippen LogP contribution in [0.25, 0.3) is 0 Å². The molecule has 0 atom stereocenters. The Morgan fingerprint density at radius 2 is 1.91 bits per heavy atom. The Labute approximate surface area is 136 Å². The molecule has 0 saturated heterocycles. The maximum absolute atomic E-state index is 11.8. The Balaban J connectivity index is 2.25. The number of hydrogen-bond acceptors (Lipinski definition) is 3. The smallest absolute Gasteiger partial charge is 0.247 e. The summed E-state index contributed by atoms with van der Waals surface area (Å²) < 4.78 is 0. The SMILES string of the molecule is CC(=CC#Cc1ccccc1)C(=O)NCCCCCC(=O)NO. The Morgan fingerprint density at radius 1 is 1.17 bits per heavy atom. The van der Waals surface area contributed by atoms with Crippen molar-refractivity contribution in [1.29, 1.82) is 0 Å². The fourth-order valence-corrected chi connectivity index (χ4v) is 1.80. The number of benzene rings is 1. The lowest BCUT2D eigenvalue weighted by Crippen LogP contribution is -2.25. The maximum Gasteiger partial charge on any atom is 0.247 e. The van der Waals surface area contributed by atoms with Gasteiger partial charge in [0.2, 0.25) is 11.8 Å². The van der Waals surface area contributed by atoms with Crippen LogP contribution in [0, 0.1) is 11.8 Å². The van der Waals surface area contributed by atoms with Crippen LogP contribution in [0.4, 0.5) is 0 Å². The molecule has 0 unspecified atom stereocenters. The van der Waals surface area contributed by atoms with E-state index in [0.717, 1.165) is 18.4 Å². The van der Waals surface area contributed by atoms with Crippen molar-refractivity contribution in [2.75, 3.05) is 6.54 Å². The van der Waals surface area contributed by atoms with Crippen molar-refractivity contribution in [2.45, 2.75) is 32.6 Å². The summed E-state index contributed by atoms with van der Waals surface area (Å²) >= 11 is 0. The number of carbonyl (C=O) groups is 2. The molecule has 23 heavy (non-hydrogen) atoms. The molecule has 0 saturated carbocycles. The first-order chi connectivity index (χ1) is 11.1. The normalized spacial score (nSPS) is 10.4. The zero-order valence-electron chi connectivity index (χ0n) is 13.3. The number of hydrogen-bond donors (Lipinski definition) is 3. The van der Waals surface area contributed by atoms with Gasteiger partial charge in [-0.2, -0.15) is 0 Å². The molecule has 5 heteroatoms. The minimum absolute atomic E-state index is 0.138. The third kappa shape index (κ3) is 8.44. The van der Waals surface area contributed by atoms with Crippen molar-refractivity contribution >= 4 is 11.8 Å². The molecular formula is C18H22N2O3. The van der Waals surface area contributed by atoms with E-state index < -0.39 is 0 Å². The minimum Gasteiger partial charge on any atom is -0.352 e. The van der Waals surface area contributed by atoms with Crippen molar-refractivity contribution in [3.63, 3.8) is 0 Å². The van der Waals surface area contributed by atoms with Crippen LogP contribution in [0.15, 0.2) is 42.0 Å². The number of unbranched alkanes of at least 4 members (excludes halogenated alkanes) is 2. The zero-order valence-corrected chi connectivity index (χ0v) is 13.3. The average molecular weight is 314 g/mol. The van der Waals surface area contributed by atoms with Gasteiger partial charge >= 0.3 is 0 Å². The topological polar surface area (TPSA) is 78.4 Å². The second-order valence-corrected chi connectivity index (χ2v) is 5.06.